The quantitative estimate of drug-likeness (QED) is 0.901. The van der Waals surface area contributed by atoms with Gasteiger partial charge in [-0.15, -0.1) is 0 Å². The van der Waals surface area contributed by atoms with Crippen molar-refractivity contribution in [2.75, 3.05) is 13.1 Å². The van der Waals surface area contributed by atoms with Gasteiger partial charge in [0.2, 0.25) is 0 Å². The molecule has 1 fully saturated rings. The maximum atomic E-state index is 12.2. The lowest BCUT2D eigenvalue weighted by atomic mass is 9.89. The average molecular weight is 332 g/mol. The van der Waals surface area contributed by atoms with E-state index >= 15 is 0 Å². The molecule has 4 nitrogen and oxygen atoms in total. The maximum absolute atomic E-state index is 12.2. The van der Waals surface area contributed by atoms with Gasteiger partial charge >= 0.3 is 6.09 Å². The van der Waals surface area contributed by atoms with E-state index in [1.54, 1.807) is 0 Å². The van der Waals surface area contributed by atoms with E-state index in [1.165, 1.54) is 11.1 Å². The first-order chi connectivity index (χ1) is 11.2. The molecule has 1 aromatic carbocycles. The van der Waals surface area contributed by atoms with Crippen LogP contribution in [0.4, 0.5) is 4.79 Å². The monoisotopic (exact) mass is 332 g/mol. The Hall–Kier alpha value is -1.55. The number of rotatable bonds is 4. The Morgan fingerprint density at radius 1 is 1.21 bits per heavy atom. The van der Waals surface area contributed by atoms with E-state index in [-0.39, 0.29) is 11.6 Å². The van der Waals surface area contributed by atoms with E-state index < -0.39 is 5.60 Å². The van der Waals surface area contributed by atoms with Gasteiger partial charge in [-0.2, -0.15) is 0 Å². The van der Waals surface area contributed by atoms with Crippen LogP contribution >= 0.6 is 0 Å². The number of carbonyl (C=O) groups is 1. The van der Waals surface area contributed by atoms with Crippen LogP contribution in [-0.2, 0) is 17.7 Å². The summed E-state index contributed by atoms with van der Waals surface area (Å²) in [5.41, 5.74) is 2.41. The van der Waals surface area contributed by atoms with Crippen molar-refractivity contribution in [2.24, 2.45) is 0 Å². The fourth-order valence-corrected chi connectivity index (χ4v) is 3.07. The van der Waals surface area contributed by atoms with Gasteiger partial charge in [0.1, 0.15) is 5.60 Å². The fourth-order valence-electron chi connectivity index (χ4n) is 3.07. The van der Waals surface area contributed by atoms with Crippen molar-refractivity contribution in [1.29, 1.82) is 0 Å². The Bertz CT molecular complexity index is 555. The number of nitrogens with one attached hydrogen (secondary N) is 1. The predicted molar refractivity (Wildman–Crippen MR) is 98.1 cm³/mol. The minimum absolute atomic E-state index is 0.0688. The van der Waals surface area contributed by atoms with Crippen molar-refractivity contribution in [3.05, 3.63) is 35.4 Å². The first-order valence-electron chi connectivity index (χ1n) is 9.02. The zero-order valence-electron chi connectivity index (χ0n) is 15.8. The van der Waals surface area contributed by atoms with Gasteiger partial charge in [-0.05, 0) is 58.1 Å². The van der Waals surface area contributed by atoms with Crippen LogP contribution in [0.15, 0.2) is 24.3 Å². The highest BCUT2D eigenvalue weighted by Crippen LogP contribution is 2.24. The van der Waals surface area contributed by atoms with Crippen LogP contribution in [0.1, 0.15) is 58.6 Å². The van der Waals surface area contributed by atoms with E-state index in [4.69, 9.17) is 4.74 Å². The van der Waals surface area contributed by atoms with Crippen molar-refractivity contribution in [3.63, 3.8) is 0 Å². The molecule has 1 amide bonds. The van der Waals surface area contributed by atoms with E-state index in [2.05, 4.69) is 43.4 Å². The van der Waals surface area contributed by atoms with Gasteiger partial charge in [0.15, 0.2) is 0 Å². The molecule has 24 heavy (non-hydrogen) atoms. The molecule has 0 unspecified atom stereocenters. The number of ether oxygens (including phenoxy) is 1. The Balaban J connectivity index is 1.87. The lowest BCUT2D eigenvalue weighted by molar-refractivity contribution is 0.0156. The van der Waals surface area contributed by atoms with Crippen molar-refractivity contribution >= 4 is 6.09 Å². The van der Waals surface area contributed by atoms with E-state index in [0.29, 0.717) is 0 Å². The molecular weight excluding hydrogens is 300 g/mol. The molecule has 1 saturated heterocycles. The smallest absolute Gasteiger partial charge is 0.410 e. The Morgan fingerprint density at radius 3 is 2.33 bits per heavy atom. The third-order valence-corrected chi connectivity index (χ3v) is 4.72. The summed E-state index contributed by atoms with van der Waals surface area (Å²) >= 11 is 0. The molecule has 0 saturated carbocycles. The first kappa shape index (κ1) is 18.8. The molecule has 1 aliphatic rings. The summed E-state index contributed by atoms with van der Waals surface area (Å²) in [4.78, 5) is 14.0. The fraction of sp³-hybridized carbons (Fsp3) is 0.650. The highest BCUT2D eigenvalue weighted by molar-refractivity contribution is 5.68. The molecule has 1 heterocycles. The molecule has 0 bridgehead atoms. The molecule has 4 heteroatoms. The minimum atomic E-state index is -0.431. The summed E-state index contributed by atoms with van der Waals surface area (Å²) in [6.07, 6.45) is 2.75. The number of benzene rings is 1. The number of hydrogen-bond acceptors (Lipinski definition) is 3. The molecule has 1 aromatic rings. The Kier molecular flexibility index (Phi) is 5.92. The standard InChI is InChI=1S/C20H32N2O2/c1-6-16-9-7-8-10-17(16)15-21-20(5)11-13-22(14-12-20)18(23)24-19(2,3)4/h7-10,21H,6,11-15H2,1-5H3. The molecule has 1 aliphatic heterocycles. The van der Waals surface area contributed by atoms with E-state index in [1.807, 2.05) is 25.7 Å². The maximum Gasteiger partial charge on any atom is 0.410 e. The number of amides is 1. The molecule has 1 N–H and O–H groups in total. The summed E-state index contributed by atoms with van der Waals surface area (Å²) in [5, 5.41) is 3.72. The van der Waals surface area contributed by atoms with Gasteiger partial charge in [-0.3, -0.25) is 0 Å². The van der Waals surface area contributed by atoms with E-state index in [9.17, 15) is 4.79 Å². The van der Waals surface area contributed by atoms with Crippen LogP contribution in [0.5, 0.6) is 0 Å². The summed E-state index contributed by atoms with van der Waals surface area (Å²) in [6, 6.07) is 8.60. The van der Waals surface area contributed by atoms with Gasteiger partial charge in [-0.1, -0.05) is 31.2 Å². The molecule has 0 radical (unpaired) electrons. The first-order valence-corrected chi connectivity index (χ1v) is 9.02. The van der Waals surface area contributed by atoms with Crippen molar-refractivity contribution < 1.29 is 9.53 Å². The van der Waals surface area contributed by atoms with Gasteiger partial charge < -0.3 is 15.0 Å². The topological polar surface area (TPSA) is 41.6 Å². The largest absolute Gasteiger partial charge is 0.444 e. The second-order valence-corrected chi connectivity index (χ2v) is 8.00. The molecule has 0 spiro atoms. The second-order valence-electron chi connectivity index (χ2n) is 8.00. The highest BCUT2D eigenvalue weighted by atomic mass is 16.6. The number of hydrogen-bond donors (Lipinski definition) is 1. The number of likely N-dealkylation sites (tertiary alicyclic amines) is 1. The molecule has 2 rings (SSSR count). The number of piperidine rings is 1. The summed E-state index contributed by atoms with van der Waals surface area (Å²) in [7, 11) is 0. The molecular formula is C20H32N2O2. The third-order valence-electron chi connectivity index (χ3n) is 4.72. The van der Waals surface area contributed by atoms with Crippen LogP contribution in [0, 0.1) is 0 Å². The van der Waals surface area contributed by atoms with Crippen LogP contribution in [-0.4, -0.2) is 35.2 Å². The summed E-state index contributed by atoms with van der Waals surface area (Å²) < 4.78 is 5.47. The normalized spacial score (nSPS) is 17.6. The molecule has 0 atom stereocenters. The summed E-state index contributed by atoms with van der Waals surface area (Å²) in [6.45, 7) is 12.5. The number of aryl methyl sites for hydroxylation is 1. The molecule has 0 aliphatic carbocycles. The molecule has 134 valence electrons. The van der Waals surface area contributed by atoms with Gasteiger partial charge in [0.25, 0.3) is 0 Å². The lowest BCUT2D eigenvalue weighted by Crippen LogP contribution is -2.53. The summed E-state index contributed by atoms with van der Waals surface area (Å²) in [5.74, 6) is 0. The second kappa shape index (κ2) is 7.56. The predicted octanol–water partition coefficient (Wildman–Crippen LogP) is 4.13. The van der Waals surface area contributed by atoms with Crippen molar-refractivity contribution in [2.45, 2.75) is 71.6 Å². The number of nitrogens with zero attached hydrogens (tertiary/aromatic N) is 1. The zero-order chi connectivity index (χ0) is 17.8. The zero-order valence-corrected chi connectivity index (χ0v) is 15.8. The van der Waals surface area contributed by atoms with Crippen LogP contribution in [0.25, 0.3) is 0 Å². The van der Waals surface area contributed by atoms with Gasteiger partial charge in [-0.25, -0.2) is 4.79 Å². The SMILES string of the molecule is CCc1ccccc1CNC1(C)CCN(C(=O)OC(C)(C)C)CC1. The highest BCUT2D eigenvalue weighted by Gasteiger charge is 2.33. The lowest BCUT2D eigenvalue weighted by Gasteiger charge is -2.40. The van der Waals surface area contributed by atoms with E-state index in [0.717, 1.165) is 38.9 Å². The van der Waals surface area contributed by atoms with Crippen LogP contribution in [0.2, 0.25) is 0 Å². The van der Waals surface area contributed by atoms with Crippen molar-refractivity contribution in [3.8, 4) is 0 Å². The third kappa shape index (κ3) is 5.23. The minimum Gasteiger partial charge on any atom is -0.444 e. The van der Waals surface area contributed by atoms with Crippen LogP contribution < -0.4 is 5.32 Å². The number of carbonyl (C=O) groups excluding carboxylic acids is 1. The van der Waals surface area contributed by atoms with Gasteiger partial charge in [0.05, 0.1) is 0 Å². The van der Waals surface area contributed by atoms with Crippen molar-refractivity contribution in [1.82, 2.24) is 10.2 Å². The van der Waals surface area contributed by atoms with Crippen LogP contribution in [0.3, 0.4) is 0 Å². The Labute approximate surface area is 146 Å². The van der Waals surface area contributed by atoms with Gasteiger partial charge in [0, 0.05) is 25.2 Å². The average Bonchev–Trinajstić information content (AvgIpc) is 2.52. The molecule has 0 aromatic heterocycles. The Morgan fingerprint density at radius 2 is 1.79 bits per heavy atom.